The van der Waals surface area contributed by atoms with Gasteiger partial charge in [-0.2, -0.15) is 0 Å². The second-order valence-electron chi connectivity index (χ2n) is 5.36. The van der Waals surface area contributed by atoms with Crippen LogP contribution in [0.5, 0.6) is 0 Å². The number of hydrogen-bond acceptors (Lipinski definition) is 5. The quantitative estimate of drug-likeness (QED) is 0.789. The summed E-state index contributed by atoms with van der Waals surface area (Å²) in [6.45, 7) is 1.94. The average Bonchev–Trinajstić information content (AvgIpc) is 2.98. The molecule has 0 aromatic heterocycles. The third kappa shape index (κ3) is 4.61. The fourth-order valence-electron chi connectivity index (χ4n) is 2.51. The molecular weight excluding hydrogens is 316 g/mol. The SMILES string of the molecule is CCOC(=O)[C@@H]1CN(C(=O)O)C[C@H]1NC(=O)OCc1ccccc1. The van der Waals surface area contributed by atoms with Gasteiger partial charge in [0.05, 0.1) is 18.6 Å². The zero-order valence-electron chi connectivity index (χ0n) is 13.3. The Morgan fingerprint density at radius 1 is 1.21 bits per heavy atom. The van der Waals surface area contributed by atoms with E-state index in [4.69, 9.17) is 14.6 Å². The summed E-state index contributed by atoms with van der Waals surface area (Å²) in [5, 5.41) is 11.6. The van der Waals surface area contributed by atoms with Gasteiger partial charge in [-0.3, -0.25) is 4.79 Å². The second-order valence-corrected chi connectivity index (χ2v) is 5.36. The number of hydrogen-bond donors (Lipinski definition) is 2. The van der Waals surface area contributed by atoms with Crippen molar-refractivity contribution in [2.75, 3.05) is 19.7 Å². The smallest absolute Gasteiger partial charge is 0.407 e. The molecule has 1 heterocycles. The first-order valence-electron chi connectivity index (χ1n) is 7.63. The lowest BCUT2D eigenvalue weighted by Crippen LogP contribution is -2.43. The van der Waals surface area contributed by atoms with Crippen LogP contribution in [0.1, 0.15) is 12.5 Å². The minimum atomic E-state index is -1.15. The predicted molar refractivity (Wildman–Crippen MR) is 83.3 cm³/mol. The van der Waals surface area contributed by atoms with E-state index >= 15 is 0 Å². The highest BCUT2D eigenvalue weighted by Gasteiger charge is 2.41. The Kier molecular flexibility index (Phi) is 6.00. The molecule has 130 valence electrons. The molecule has 2 N–H and O–H groups in total. The molecule has 8 nitrogen and oxygen atoms in total. The molecule has 2 atom stereocenters. The van der Waals surface area contributed by atoms with E-state index in [1.807, 2.05) is 30.3 Å². The van der Waals surface area contributed by atoms with Crippen LogP contribution in [-0.2, 0) is 20.9 Å². The number of carboxylic acid groups (broad SMARTS) is 1. The number of amides is 2. The summed E-state index contributed by atoms with van der Waals surface area (Å²) in [4.78, 5) is 36.0. The van der Waals surface area contributed by atoms with Crippen molar-refractivity contribution in [1.82, 2.24) is 10.2 Å². The van der Waals surface area contributed by atoms with Gasteiger partial charge in [0.15, 0.2) is 0 Å². The van der Waals surface area contributed by atoms with Crippen molar-refractivity contribution in [3.63, 3.8) is 0 Å². The van der Waals surface area contributed by atoms with Crippen molar-refractivity contribution in [2.45, 2.75) is 19.6 Å². The third-order valence-electron chi connectivity index (χ3n) is 3.70. The lowest BCUT2D eigenvalue weighted by Gasteiger charge is -2.18. The van der Waals surface area contributed by atoms with Gasteiger partial charge in [0.25, 0.3) is 0 Å². The number of carbonyl (C=O) groups is 3. The van der Waals surface area contributed by atoms with Gasteiger partial charge in [0.1, 0.15) is 6.61 Å². The first-order chi connectivity index (χ1) is 11.5. The highest BCUT2D eigenvalue weighted by molar-refractivity contribution is 5.78. The van der Waals surface area contributed by atoms with Gasteiger partial charge in [-0.15, -0.1) is 0 Å². The van der Waals surface area contributed by atoms with Gasteiger partial charge in [-0.05, 0) is 12.5 Å². The number of rotatable bonds is 5. The van der Waals surface area contributed by atoms with Crippen LogP contribution in [0.3, 0.4) is 0 Å². The molecule has 0 radical (unpaired) electrons. The zero-order valence-corrected chi connectivity index (χ0v) is 13.3. The molecule has 1 fully saturated rings. The number of nitrogens with zero attached hydrogens (tertiary/aromatic N) is 1. The highest BCUT2D eigenvalue weighted by atomic mass is 16.5. The fraction of sp³-hybridized carbons (Fsp3) is 0.438. The summed E-state index contributed by atoms with van der Waals surface area (Å²) in [6, 6.07) is 8.47. The Hall–Kier alpha value is -2.77. The minimum absolute atomic E-state index is 0.0131. The molecule has 1 aromatic rings. The summed E-state index contributed by atoms with van der Waals surface area (Å²) in [5.41, 5.74) is 0.827. The van der Waals surface area contributed by atoms with Gasteiger partial charge < -0.3 is 24.8 Å². The molecule has 0 aliphatic carbocycles. The molecule has 1 saturated heterocycles. The molecule has 24 heavy (non-hydrogen) atoms. The van der Waals surface area contributed by atoms with Crippen LogP contribution in [0, 0.1) is 5.92 Å². The number of nitrogens with one attached hydrogen (secondary N) is 1. The Morgan fingerprint density at radius 2 is 1.92 bits per heavy atom. The fourth-order valence-corrected chi connectivity index (χ4v) is 2.51. The first kappa shape index (κ1) is 17.6. The number of likely N-dealkylation sites (tertiary alicyclic amines) is 1. The molecule has 0 bridgehead atoms. The Bertz CT molecular complexity index is 591. The van der Waals surface area contributed by atoms with E-state index in [1.54, 1.807) is 6.92 Å². The molecule has 1 aliphatic heterocycles. The lowest BCUT2D eigenvalue weighted by atomic mass is 10.0. The van der Waals surface area contributed by atoms with E-state index in [0.29, 0.717) is 0 Å². The van der Waals surface area contributed by atoms with E-state index in [0.717, 1.165) is 10.5 Å². The monoisotopic (exact) mass is 336 g/mol. The maximum absolute atomic E-state index is 12.0. The van der Waals surface area contributed by atoms with E-state index in [2.05, 4.69) is 5.32 Å². The topological polar surface area (TPSA) is 105 Å². The summed E-state index contributed by atoms with van der Waals surface area (Å²) in [6.07, 6.45) is -1.85. The maximum Gasteiger partial charge on any atom is 0.407 e. The number of esters is 1. The molecule has 1 aliphatic rings. The zero-order chi connectivity index (χ0) is 17.5. The second kappa shape index (κ2) is 8.19. The van der Waals surface area contributed by atoms with Crippen LogP contribution in [0.15, 0.2) is 30.3 Å². The van der Waals surface area contributed by atoms with Crippen LogP contribution < -0.4 is 5.32 Å². The van der Waals surface area contributed by atoms with Crippen molar-refractivity contribution < 1.29 is 29.0 Å². The summed E-state index contributed by atoms with van der Waals surface area (Å²) >= 11 is 0. The van der Waals surface area contributed by atoms with Crippen molar-refractivity contribution >= 4 is 18.2 Å². The third-order valence-corrected chi connectivity index (χ3v) is 3.70. The number of carbonyl (C=O) groups excluding carboxylic acids is 2. The van der Waals surface area contributed by atoms with Crippen molar-refractivity contribution in [2.24, 2.45) is 5.92 Å². The Morgan fingerprint density at radius 3 is 2.54 bits per heavy atom. The lowest BCUT2D eigenvalue weighted by molar-refractivity contribution is -0.148. The van der Waals surface area contributed by atoms with Gasteiger partial charge in [-0.1, -0.05) is 30.3 Å². The summed E-state index contributed by atoms with van der Waals surface area (Å²) in [5.74, 6) is -1.28. The van der Waals surface area contributed by atoms with Gasteiger partial charge in [0, 0.05) is 13.1 Å². The molecule has 1 aromatic carbocycles. The van der Waals surface area contributed by atoms with Crippen LogP contribution in [0.2, 0.25) is 0 Å². The van der Waals surface area contributed by atoms with E-state index in [1.165, 1.54) is 0 Å². The van der Waals surface area contributed by atoms with Gasteiger partial charge >= 0.3 is 18.2 Å². The first-order valence-corrected chi connectivity index (χ1v) is 7.63. The number of ether oxygens (including phenoxy) is 2. The molecular formula is C16H20N2O6. The van der Waals surface area contributed by atoms with E-state index in [-0.39, 0.29) is 26.3 Å². The molecule has 0 saturated carbocycles. The van der Waals surface area contributed by atoms with Crippen LogP contribution >= 0.6 is 0 Å². The summed E-state index contributed by atoms with van der Waals surface area (Å²) < 4.78 is 10.0. The van der Waals surface area contributed by atoms with E-state index in [9.17, 15) is 14.4 Å². The van der Waals surface area contributed by atoms with Crippen LogP contribution in [-0.4, -0.2) is 53.9 Å². The van der Waals surface area contributed by atoms with Crippen molar-refractivity contribution in [3.05, 3.63) is 35.9 Å². The molecule has 2 rings (SSSR count). The van der Waals surface area contributed by atoms with Crippen molar-refractivity contribution in [1.29, 1.82) is 0 Å². The molecule has 0 spiro atoms. The van der Waals surface area contributed by atoms with Crippen LogP contribution in [0.4, 0.5) is 9.59 Å². The van der Waals surface area contributed by atoms with Crippen molar-refractivity contribution in [3.8, 4) is 0 Å². The summed E-state index contributed by atoms with van der Waals surface area (Å²) in [7, 11) is 0. The average molecular weight is 336 g/mol. The normalized spacial score (nSPS) is 19.6. The highest BCUT2D eigenvalue weighted by Crippen LogP contribution is 2.19. The van der Waals surface area contributed by atoms with Gasteiger partial charge in [0.2, 0.25) is 0 Å². The predicted octanol–water partition coefficient (Wildman–Crippen LogP) is 1.45. The van der Waals surface area contributed by atoms with E-state index < -0.39 is 30.1 Å². The molecule has 8 heteroatoms. The number of benzene rings is 1. The Labute approximate surface area is 139 Å². The maximum atomic E-state index is 12.0. The largest absolute Gasteiger partial charge is 0.466 e. The van der Waals surface area contributed by atoms with Gasteiger partial charge in [-0.25, -0.2) is 9.59 Å². The minimum Gasteiger partial charge on any atom is -0.466 e. The molecule has 2 amide bonds. The molecule has 0 unspecified atom stereocenters. The number of alkyl carbamates (subject to hydrolysis) is 1. The van der Waals surface area contributed by atoms with Crippen LogP contribution in [0.25, 0.3) is 0 Å². The Balaban J connectivity index is 1.92. The standard InChI is InChI=1S/C16H20N2O6/c1-2-23-14(19)12-8-18(16(21)22)9-13(12)17-15(20)24-10-11-6-4-3-5-7-11/h3-7,12-13H,2,8-10H2,1H3,(H,17,20)(H,21,22)/t12-,13-/m1/s1.